The van der Waals surface area contributed by atoms with Crippen molar-refractivity contribution in [2.75, 3.05) is 5.32 Å². The first-order valence-electron chi connectivity index (χ1n) is 7.61. The molecule has 0 spiro atoms. The molecule has 0 aliphatic heterocycles. The number of nitrogens with zero attached hydrogens (tertiary/aromatic N) is 2. The average Bonchev–Trinajstić information content (AvgIpc) is 3.22. The van der Waals surface area contributed by atoms with Gasteiger partial charge in [0, 0.05) is 11.3 Å². The fraction of sp³-hybridized carbons (Fsp3) is 0.167. The molecule has 120 valence electrons. The number of nitrogens with one attached hydrogen (secondary N) is 1. The normalized spacial score (nSPS) is 15.0. The SMILES string of the molecule is O=C(Nc1cccc(-c2nnco2)c1)C1(c2ccc(F)cc2)CC1. The Balaban J connectivity index is 1.56. The number of rotatable bonds is 4. The maximum atomic E-state index is 13.1. The molecule has 24 heavy (non-hydrogen) atoms. The largest absolute Gasteiger partial charge is 0.423 e. The molecule has 1 saturated carbocycles. The quantitative estimate of drug-likeness (QED) is 0.797. The van der Waals surface area contributed by atoms with Crippen molar-refractivity contribution >= 4 is 11.6 Å². The zero-order chi connectivity index (χ0) is 16.6. The second kappa shape index (κ2) is 5.56. The Hall–Kier alpha value is -3.02. The summed E-state index contributed by atoms with van der Waals surface area (Å²) in [5, 5.41) is 10.4. The van der Waals surface area contributed by atoms with E-state index in [0.717, 1.165) is 24.0 Å². The summed E-state index contributed by atoms with van der Waals surface area (Å²) >= 11 is 0. The lowest BCUT2D eigenvalue weighted by Gasteiger charge is -2.16. The molecule has 4 rings (SSSR count). The summed E-state index contributed by atoms with van der Waals surface area (Å²) in [6.07, 6.45) is 2.77. The molecule has 1 aliphatic carbocycles. The van der Waals surface area contributed by atoms with Crippen LogP contribution in [0.1, 0.15) is 18.4 Å². The molecule has 1 aliphatic rings. The smallest absolute Gasteiger partial charge is 0.247 e. The number of carbonyl (C=O) groups excluding carboxylic acids is 1. The van der Waals surface area contributed by atoms with E-state index in [1.807, 2.05) is 12.1 Å². The molecule has 2 aromatic carbocycles. The lowest BCUT2D eigenvalue weighted by atomic mass is 9.95. The molecule has 0 unspecified atom stereocenters. The fourth-order valence-electron chi connectivity index (χ4n) is 2.82. The van der Waals surface area contributed by atoms with Gasteiger partial charge in [0.1, 0.15) is 5.82 Å². The lowest BCUT2D eigenvalue weighted by Crippen LogP contribution is -2.27. The lowest BCUT2D eigenvalue weighted by molar-refractivity contribution is -0.118. The van der Waals surface area contributed by atoms with Crippen molar-refractivity contribution in [3.05, 3.63) is 66.3 Å². The Morgan fingerprint density at radius 3 is 2.62 bits per heavy atom. The fourth-order valence-corrected chi connectivity index (χ4v) is 2.82. The Bertz CT molecular complexity index is 872. The summed E-state index contributed by atoms with van der Waals surface area (Å²) in [7, 11) is 0. The molecule has 6 heteroatoms. The predicted molar refractivity (Wildman–Crippen MR) is 85.7 cm³/mol. The summed E-state index contributed by atoms with van der Waals surface area (Å²) in [5.41, 5.74) is 1.67. The van der Waals surface area contributed by atoms with Crippen molar-refractivity contribution in [3.63, 3.8) is 0 Å². The minimum absolute atomic E-state index is 0.0863. The summed E-state index contributed by atoms with van der Waals surface area (Å²) in [6.45, 7) is 0. The highest BCUT2D eigenvalue weighted by Gasteiger charge is 2.51. The van der Waals surface area contributed by atoms with Gasteiger partial charge in [-0.2, -0.15) is 0 Å². The van der Waals surface area contributed by atoms with Crippen LogP contribution in [0.5, 0.6) is 0 Å². The maximum absolute atomic E-state index is 13.1. The Labute approximate surface area is 137 Å². The van der Waals surface area contributed by atoms with Crippen LogP contribution in [-0.2, 0) is 10.2 Å². The molecule has 1 N–H and O–H groups in total. The third kappa shape index (κ3) is 2.56. The van der Waals surface area contributed by atoms with Gasteiger partial charge in [-0.15, -0.1) is 10.2 Å². The first-order chi connectivity index (χ1) is 11.7. The van der Waals surface area contributed by atoms with E-state index in [1.165, 1.54) is 18.5 Å². The summed E-state index contributed by atoms with van der Waals surface area (Å²) < 4.78 is 18.3. The van der Waals surface area contributed by atoms with Gasteiger partial charge in [0.15, 0.2) is 0 Å². The molecule has 3 aromatic rings. The number of amides is 1. The monoisotopic (exact) mass is 323 g/mol. The van der Waals surface area contributed by atoms with Crippen LogP contribution in [0, 0.1) is 5.82 Å². The van der Waals surface area contributed by atoms with E-state index in [1.54, 1.807) is 24.3 Å². The van der Waals surface area contributed by atoms with Crippen LogP contribution in [0.3, 0.4) is 0 Å². The van der Waals surface area contributed by atoms with Crippen LogP contribution in [0.2, 0.25) is 0 Å². The minimum Gasteiger partial charge on any atom is -0.423 e. The van der Waals surface area contributed by atoms with E-state index in [2.05, 4.69) is 15.5 Å². The first-order valence-corrected chi connectivity index (χ1v) is 7.61. The second-order valence-electron chi connectivity index (χ2n) is 5.87. The molecule has 0 radical (unpaired) electrons. The third-order valence-corrected chi connectivity index (χ3v) is 4.31. The zero-order valence-corrected chi connectivity index (χ0v) is 12.7. The molecule has 1 heterocycles. The highest BCUT2D eigenvalue weighted by atomic mass is 19.1. The highest BCUT2D eigenvalue weighted by molar-refractivity contribution is 6.01. The van der Waals surface area contributed by atoms with Crippen molar-refractivity contribution in [1.82, 2.24) is 10.2 Å². The van der Waals surface area contributed by atoms with Gasteiger partial charge in [0.05, 0.1) is 5.41 Å². The van der Waals surface area contributed by atoms with Crippen molar-refractivity contribution in [2.24, 2.45) is 0 Å². The van der Waals surface area contributed by atoms with Gasteiger partial charge < -0.3 is 9.73 Å². The summed E-state index contributed by atoms with van der Waals surface area (Å²) in [6, 6.07) is 13.4. The van der Waals surface area contributed by atoms with E-state index in [9.17, 15) is 9.18 Å². The Morgan fingerprint density at radius 1 is 1.17 bits per heavy atom. The van der Waals surface area contributed by atoms with E-state index in [0.29, 0.717) is 11.6 Å². The second-order valence-corrected chi connectivity index (χ2v) is 5.87. The van der Waals surface area contributed by atoms with Gasteiger partial charge in [0.25, 0.3) is 0 Å². The van der Waals surface area contributed by atoms with E-state index in [4.69, 9.17) is 4.42 Å². The van der Waals surface area contributed by atoms with Gasteiger partial charge in [-0.05, 0) is 48.7 Å². The van der Waals surface area contributed by atoms with E-state index >= 15 is 0 Å². The number of aromatic nitrogens is 2. The van der Waals surface area contributed by atoms with Crippen molar-refractivity contribution < 1.29 is 13.6 Å². The van der Waals surface area contributed by atoms with E-state index in [-0.39, 0.29) is 11.7 Å². The van der Waals surface area contributed by atoms with Crippen LogP contribution >= 0.6 is 0 Å². The summed E-state index contributed by atoms with van der Waals surface area (Å²) in [4.78, 5) is 12.7. The Kier molecular flexibility index (Phi) is 3.37. The van der Waals surface area contributed by atoms with Gasteiger partial charge in [0.2, 0.25) is 18.2 Å². The first kappa shape index (κ1) is 14.6. The molecule has 0 saturated heterocycles. The van der Waals surface area contributed by atoms with E-state index < -0.39 is 5.41 Å². The number of hydrogen-bond donors (Lipinski definition) is 1. The van der Waals surface area contributed by atoms with Crippen LogP contribution in [-0.4, -0.2) is 16.1 Å². The Morgan fingerprint density at radius 2 is 1.96 bits per heavy atom. The molecule has 0 bridgehead atoms. The van der Waals surface area contributed by atoms with Gasteiger partial charge in [-0.1, -0.05) is 18.2 Å². The van der Waals surface area contributed by atoms with Crippen molar-refractivity contribution in [1.29, 1.82) is 0 Å². The number of hydrogen-bond acceptors (Lipinski definition) is 4. The molecule has 0 atom stereocenters. The molecule has 1 aromatic heterocycles. The predicted octanol–water partition coefficient (Wildman–Crippen LogP) is 3.55. The van der Waals surface area contributed by atoms with Crippen LogP contribution in [0.15, 0.2) is 59.3 Å². The number of halogens is 1. The minimum atomic E-state index is -0.561. The molecular weight excluding hydrogens is 309 g/mol. The average molecular weight is 323 g/mol. The summed E-state index contributed by atoms with van der Waals surface area (Å²) in [5.74, 6) is 0.00442. The standard InChI is InChI=1S/C18H14FN3O2/c19-14-6-4-13(5-7-14)18(8-9-18)17(23)21-15-3-1-2-12(10-15)16-22-20-11-24-16/h1-7,10-11H,8-9H2,(H,21,23). The number of benzene rings is 2. The van der Waals surface area contributed by atoms with Crippen molar-refractivity contribution in [2.45, 2.75) is 18.3 Å². The number of anilines is 1. The molecule has 5 nitrogen and oxygen atoms in total. The number of carbonyl (C=O) groups is 1. The zero-order valence-electron chi connectivity index (χ0n) is 12.7. The molecular formula is C18H14FN3O2. The third-order valence-electron chi connectivity index (χ3n) is 4.31. The topological polar surface area (TPSA) is 68.0 Å². The van der Waals surface area contributed by atoms with Crippen LogP contribution in [0.25, 0.3) is 11.5 Å². The highest BCUT2D eigenvalue weighted by Crippen LogP contribution is 2.49. The van der Waals surface area contributed by atoms with Gasteiger partial charge in [-0.25, -0.2) is 4.39 Å². The van der Waals surface area contributed by atoms with Gasteiger partial charge in [-0.3, -0.25) is 4.79 Å². The van der Waals surface area contributed by atoms with Crippen LogP contribution in [0.4, 0.5) is 10.1 Å². The van der Waals surface area contributed by atoms with Crippen LogP contribution < -0.4 is 5.32 Å². The van der Waals surface area contributed by atoms with Crippen molar-refractivity contribution in [3.8, 4) is 11.5 Å². The maximum Gasteiger partial charge on any atom is 0.247 e. The molecule has 1 fully saturated rings. The molecule has 1 amide bonds. The van der Waals surface area contributed by atoms with Gasteiger partial charge >= 0.3 is 0 Å².